The van der Waals surface area contributed by atoms with Crippen molar-refractivity contribution in [2.45, 2.75) is 245 Å². The zero-order valence-corrected chi connectivity index (χ0v) is 34.2. The minimum atomic E-state index is 0.265. The van der Waals surface area contributed by atoms with Crippen molar-refractivity contribution in [3.63, 3.8) is 0 Å². The molecule has 2 atom stereocenters. The first kappa shape index (κ1) is 46.3. The van der Waals surface area contributed by atoms with Crippen LogP contribution in [-0.4, -0.2) is 36.6 Å². The Morgan fingerprint density at radius 3 is 1.27 bits per heavy atom. The van der Waals surface area contributed by atoms with Crippen LogP contribution in [0.3, 0.4) is 0 Å². The van der Waals surface area contributed by atoms with Gasteiger partial charge < -0.3 is 4.90 Å². The van der Waals surface area contributed by atoms with E-state index in [1.807, 2.05) is 0 Å². The van der Waals surface area contributed by atoms with Crippen molar-refractivity contribution >= 4 is 11.6 Å². The maximum Gasteiger partial charge on any atom is 0.137 e. The molecule has 0 radical (unpaired) electrons. The molecule has 1 fully saturated rings. The average Bonchev–Trinajstić information content (AvgIpc) is 3.54. The molecule has 1 aliphatic rings. The molecule has 2 unspecified atom stereocenters. The van der Waals surface area contributed by atoms with Crippen LogP contribution in [0.5, 0.6) is 0 Å². The van der Waals surface area contributed by atoms with E-state index in [-0.39, 0.29) is 5.92 Å². The molecule has 3 nitrogen and oxygen atoms in total. The van der Waals surface area contributed by atoms with Gasteiger partial charge in [-0.3, -0.25) is 9.59 Å². The lowest BCUT2D eigenvalue weighted by Crippen LogP contribution is -2.20. The van der Waals surface area contributed by atoms with Gasteiger partial charge in [0.25, 0.3) is 0 Å². The fraction of sp³-hybridized carbons (Fsp3) is 0.957. The van der Waals surface area contributed by atoms with E-state index in [4.69, 9.17) is 0 Å². The SMILES string of the molecule is CCCCCCCCCCC(CCCC(=O)CCCCC(CCCCCCCCC)CCCCCCCCC)CCC(=O)C1CCN(C)C1. The summed E-state index contributed by atoms with van der Waals surface area (Å²) < 4.78 is 0. The Kier molecular flexibility index (Phi) is 32.5. The van der Waals surface area contributed by atoms with Gasteiger partial charge in [0.05, 0.1) is 0 Å². The molecule has 0 aliphatic carbocycles. The van der Waals surface area contributed by atoms with Gasteiger partial charge in [-0.25, -0.2) is 0 Å². The lowest BCUT2D eigenvalue weighted by molar-refractivity contribution is -0.123. The predicted molar refractivity (Wildman–Crippen MR) is 217 cm³/mol. The van der Waals surface area contributed by atoms with Crippen molar-refractivity contribution in [3.05, 3.63) is 0 Å². The van der Waals surface area contributed by atoms with Crippen LogP contribution < -0.4 is 0 Å². The molecule has 0 amide bonds. The number of carbonyl (C=O) groups excluding carboxylic acids is 2. The minimum Gasteiger partial charge on any atom is -0.306 e. The lowest BCUT2D eigenvalue weighted by Gasteiger charge is -2.18. The molecule has 0 aromatic carbocycles. The number of nitrogens with zero attached hydrogens (tertiary/aromatic N) is 1. The first-order chi connectivity index (χ1) is 24.0. The summed E-state index contributed by atoms with van der Waals surface area (Å²) in [4.78, 5) is 28.2. The molecule has 0 aromatic rings. The standard InChI is InChI=1S/C46H89NO2/c1-5-8-11-14-17-20-23-26-32-43(37-38-46(49)44-39-40-47(4)41-44)34-29-36-45(48)35-28-27-33-42(30-24-21-18-15-12-9-6-2)31-25-22-19-16-13-10-7-3/h42-44H,5-41H2,1-4H3. The number of ketones is 2. The highest BCUT2D eigenvalue weighted by Crippen LogP contribution is 2.27. The topological polar surface area (TPSA) is 37.4 Å². The van der Waals surface area contributed by atoms with Gasteiger partial charge >= 0.3 is 0 Å². The fourth-order valence-electron chi connectivity index (χ4n) is 8.43. The second kappa shape index (κ2) is 34.4. The molecule has 0 aromatic heterocycles. The van der Waals surface area contributed by atoms with E-state index in [0.717, 1.165) is 70.4 Å². The number of hydrogen-bond donors (Lipinski definition) is 0. The minimum absolute atomic E-state index is 0.265. The summed E-state index contributed by atoms with van der Waals surface area (Å²) >= 11 is 0. The maximum absolute atomic E-state index is 12.9. The summed E-state index contributed by atoms with van der Waals surface area (Å²) in [5.74, 6) is 2.76. The van der Waals surface area contributed by atoms with E-state index in [1.54, 1.807) is 0 Å². The van der Waals surface area contributed by atoms with Gasteiger partial charge in [-0.15, -0.1) is 0 Å². The zero-order chi connectivity index (χ0) is 35.6. The zero-order valence-electron chi connectivity index (χ0n) is 34.2. The van der Waals surface area contributed by atoms with Crippen LogP contribution in [0.15, 0.2) is 0 Å². The van der Waals surface area contributed by atoms with Gasteiger partial charge in [0.1, 0.15) is 11.6 Å². The van der Waals surface area contributed by atoms with Crippen molar-refractivity contribution < 1.29 is 9.59 Å². The van der Waals surface area contributed by atoms with Gasteiger partial charge in [0.2, 0.25) is 0 Å². The molecule has 1 heterocycles. The summed E-state index contributed by atoms with van der Waals surface area (Å²) in [6.07, 6.45) is 44.8. The average molecular weight is 688 g/mol. The highest BCUT2D eigenvalue weighted by molar-refractivity contribution is 5.81. The second-order valence-electron chi connectivity index (χ2n) is 16.7. The summed E-state index contributed by atoms with van der Waals surface area (Å²) in [5.41, 5.74) is 0. The monoisotopic (exact) mass is 688 g/mol. The normalized spacial score (nSPS) is 15.8. The molecular weight excluding hydrogens is 599 g/mol. The third-order valence-corrected chi connectivity index (χ3v) is 11.9. The Morgan fingerprint density at radius 1 is 0.469 bits per heavy atom. The van der Waals surface area contributed by atoms with Gasteiger partial charge in [0.15, 0.2) is 0 Å². The van der Waals surface area contributed by atoms with E-state index in [9.17, 15) is 9.59 Å². The van der Waals surface area contributed by atoms with E-state index in [0.29, 0.717) is 17.5 Å². The molecule has 0 saturated carbocycles. The number of likely N-dealkylation sites (tertiary alicyclic amines) is 1. The Hall–Kier alpha value is -0.700. The molecule has 290 valence electrons. The van der Waals surface area contributed by atoms with Crippen LogP contribution in [0.1, 0.15) is 245 Å². The van der Waals surface area contributed by atoms with Gasteiger partial charge in [0, 0.05) is 31.7 Å². The summed E-state index contributed by atoms with van der Waals surface area (Å²) in [6.45, 7) is 8.92. The Morgan fingerprint density at radius 2 is 0.837 bits per heavy atom. The van der Waals surface area contributed by atoms with Crippen molar-refractivity contribution in [3.8, 4) is 0 Å². The Bertz CT molecular complexity index is 717. The third-order valence-electron chi connectivity index (χ3n) is 11.9. The number of Topliss-reactive ketones (excluding diaryl/α,β-unsaturated/α-hetero) is 2. The smallest absolute Gasteiger partial charge is 0.137 e. The first-order valence-electron chi connectivity index (χ1n) is 22.7. The second-order valence-corrected chi connectivity index (χ2v) is 16.7. The van der Waals surface area contributed by atoms with Gasteiger partial charge in [-0.1, -0.05) is 201 Å². The first-order valence-corrected chi connectivity index (χ1v) is 22.7. The fourth-order valence-corrected chi connectivity index (χ4v) is 8.43. The van der Waals surface area contributed by atoms with E-state index in [2.05, 4.69) is 32.7 Å². The molecule has 0 bridgehead atoms. The molecule has 1 rings (SSSR count). The number of rotatable bonds is 38. The molecule has 1 aliphatic heterocycles. The summed E-state index contributed by atoms with van der Waals surface area (Å²) in [5, 5.41) is 0. The van der Waals surface area contributed by atoms with E-state index in [1.165, 1.54) is 173 Å². The maximum atomic E-state index is 12.9. The largest absolute Gasteiger partial charge is 0.306 e. The number of hydrogen-bond acceptors (Lipinski definition) is 3. The van der Waals surface area contributed by atoms with Crippen LogP contribution in [-0.2, 0) is 9.59 Å². The van der Waals surface area contributed by atoms with Crippen LogP contribution >= 0.6 is 0 Å². The highest BCUT2D eigenvalue weighted by atomic mass is 16.1. The van der Waals surface area contributed by atoms with Crippen LogP contribution in [0.2, 0.25) is 0 Å². The highest BCUT2D eigenvalue weighted by Gasteiger charge is 2.26. The summed E-state index contributed by atoms with van der Waals surface area (Å²) in [6, 6.07) is 0. The molecular formula is C46H89NO2. The van der Waals surface area contributed by atoms with Crippen molar-refractivity contribution in [1.29, 1.82) is 0 Å². The van der Waals surface area contributed by atoms with Gasteiger partial charge in [-0.05, 0) is 51.1 Å². The van der Waals surface area contributed by atoms with Crippen LogP contribution in [0.25, 0.3) is 0 Å². The molecule has 3 heteroatoms. The van der Waals surface area contributed by atoms with E-state index < -0.39 is 0 Å². The van der Waals surface area contributed by atoms with Crippen molar-refractivity contribution in [2.24, 2.45) is 17.8 Å². The quantitative estimate of drug-likeness (QED) is 0.0606. The van der Waals surface area contributed by atoms with Crippen LogP contribution in [0.4, 0.5) is 0 Å². The Balaban J connectivity index is 2.37. The molecule has 49 heavy (non-hydrogen) atoms. The third kappa shape index (κ3) is 28.6. The summed E-state index contributed by atoms with van der Waals surface area (Å²) in [7, 11) is 2.14. The number of carbonyl (C=O) groups is 2. The number of unbranched alkanes of at least 4 members (excludes halogenated alkanes) is 20. The predicted octanol–water partition coefficient (Wildman–Crippen LogP) is 14.6. The van der Waals surface area contributed by atoms with E-state index >= 15 is 0 Å². The van der Waals surface area contributed by atoms with Gasteiger partial charge in [-0.2, -0.15) is 0 Å². The molecule has 0 spiro atoms. The Labute approximate surface area is 308 Å². The van der Waals surface area contributed by atoms with Crippen molar-refractivity contribution in [2.75, 3.05) is 20.1 Å². The van der Waals surface area contributed by atoms with Crippen molar-refractivity contribution in [1.82, 2.24) is 4.90 Å². The lowest BCUT2D eigenvalue weighted by atomic mass is 9.87. The van der Waals surface area contributed by atoms with Crippen LogP contribution in [0, 0.1) is 17.8 Å². The molecule has 0 N–H and O–H groups in total. The molecule has 1 saturated heterocycles.